The molecular formula is C50H36N2OSi. The van der Waals surface area contributed by atoms with Gasteiger partial charge in [-0.3, -0.25) is 0 Å². The van der Waals surface area contributed by atoms with Crippen molar-refractivity contribution < 1.29 is 4.74 Å². The van der Waals surface area contributed by atoms with Crippen LogP contribution in [0.2, 0.25) is 0 Å². The van der Waals surface area contributed by atoms with E-state index in [0.717, 1.165) is 44.9 Å². The van der Waals surface area contributed by atoms with E-state index in [1.54, 1.807) is 0 Å². The van der Waals surface area contributed by atoms with Crippen molar-refractivity contribution in [1.82, 2.24) is 9.13 Å². The minimum Gasteiger partial charge on any atom is -0.453 e. The van der Waals surface area contributed by atoms with E-state index in [4.69, 9.17) is 4.74 Å². The Morgan fingerprint density at radius 1 is 0.352 bits per heavy atom. The summed E-state index contributed by atoms with van der Waals surface area (Å²) < 4.78 is 12.5. The molecule has 1 aliphatic rings. The van der Waals surface area contributed by atoms with Crippen LogP contribution in [0.1, 0.15) is 11.1 Å². The summed E-state index contributed by atoms with van der Waals surface area (Å²) in [5.74, 6) is 1.83. The summed E-state index contributed by atoms with van der Waals surface area (Å²) in [6, 6.07) is 67.3. The van der Waals surface area contributed by atoms with Crippen molar-refractivity contribution in [2.24, 2.45) is 0 Å². The van der Waals surface area contributed by atoms with E-state index < -0.39 is 8.07 Å². The molecule has 0 unspecified atom stereocenters. The fourth-order valence-electron chi connectivity index (χ4n) is 9.21. The van der Waals surface area contributed by atoms with Crippen LogP contribution in [0, 0.1) is 13.8 Å². The number of rotatable bonds is 4. The Hall–Kier alpha value is -6.62. The van der Waals surface area contributed by atoms with Crippen molar-refractivity contribution in [3.63, 3.8) is 0 Å². The largest absolute Gasteiger partial charge is 0.453 e. The smallest absolute Gasteiger partial charge is 0.188 e. The number of hydrogen-bond donors (Lipinski definition) is 0. The molecule has 0 fully saturated rings. The molecule has 0 radical (unpaired) electrons. The summed E-state index contributed by atoms with van der Waals surface area (Å²) in [5.41, 5.74) is 9.23. The van der Waals surface area contributed by atoms with Crippen LogP contribution in [0.4, 0.5) is 0 Å². The van der Waals surface area contributed by atoms with Gasteiger partial charge in [-0.1, -0.05) is 157 Å². The van der Waals surface area contributed by atoms with Crippen LogP contribution in [0.5, 0.6) is 11.5 Å². The molecule has 0 N–H and O–H groups in total. The molecule has 0 atom stereocenters. The summed E-state index contributed by atoms with van der Waals surface area (Å²) >= 11 is 0. The number of fused-ring (bicyclic) bond motifs is 8. The number of aryl methyl sites for hydroxylation is 2. The second-order valence-electron chi connectivity index (χ2n) is 14.6. The molecule has 0 spiro atoms. The zero-order valence-electron chi connectivity index (χ0n) is 30.1. The molecule has 0 saturated heterocycles. The Balaban J connectivity index is 1.32. The molecule has 0 amide bonds. The first-order valence-electron chi connectivity index (χ1n) is 18.7. The molecule has 0 aliphatic carbocycles. The molecule has 3 heterocycles. The first-order valence-corrected chi connectivity index (χ1v) is 20.7. The van der Waals surface area contributed by atoms with Crippen molar-refractivity contribution in [1.29, 1.82) is 0 Å². The van der Waals surface area contributed by atoms with E-state index in [2.05, 4.69) is 205 Å². The Morgan fingerprint density at radius 3 is 1.04 bits per heavy atom. The van der Waals surface area contributed by atoms with Crippen LogP contribution < -0.4 is 25.5 Å². The van der Waals surface area contributed by atoms with Gasteiger partial charge in [-0.2, -0.15) is 0 Å². The van der Waals surface area contributed by atoms with Gasteiger partial charge >= 0.3 is 0 Å². The number of aromatic nitrogens is 2. The quantitative estimate of drug-likeness (QED) is 0.167. The van der Waals surface area contributed by atoms with Crippen molar-refractivity contribution in [3.05, 3.63) is 193 Å². The highest BCUT2D eigenvalue weighted by molar-refractivity contribution is 7.20. The maximum atomic E-state index is 7.62. The van der Waals surface area contributed by atoms with Crippen molar-refractivity contribution >= 4 is 72.4 Å². The van der Waals surface area contributed by atoms with Crippen LogP contribution in [-0.4, -0.2) is 17.2 Å². The van der Waals surface area contributed by atoms with Gasteiger partial charge < -0.3 is 13.9 Å². The van der Waals surface area contributed by atoms with Crippen LogP contribution in [-0.2, 0) is 0 Å². The fraction of sp³-hybridized carbons (Fsp3) is 0.0400. The number of ether oxygens (including phenoxy) is 1. The fourth-order valence-corrected chi connectivity index (χ4v) is 14.1. The van der Waals surface area contributed by atoms with E-state index in [0.29, 0.717) is 0 Å². The number of benzene rings is 8. The monoisotopic (exact) mass is 708 g/mol. The Labute approximate surface area is 315 Å². The van der Waals surface area contributed by atoms with Gasteiger partial charge in [0.05, 0.1) is 33.4 Å². The third kappa shape index (κ3) is 4.23. The van der Waals surface area contributed by atoms with Gasteiger partial charge in [-0.15, -0.1) is 0 Å². The molecular weight excluding hydrogens is 673 g/mol. The lowest BCUT2D eigenvalue weighted by Gasteiger charge is -2.41. The molecule has 0 bridgehead atoms. The minimum absolute atomic E-state index is 0.914. The van der Waals surface area contributed by atoms with Gasteiger partial charge in [0.2, 0.25) is 0 Å². The lowest BCUT2D eigenvalue weighted by molar-refractivity contribution is 0.483. The van der Waals surface area contributed by atoms with Crippen LogP contribution in [0.3, 0.4) is 0 Å². The van der Waals surface area contributed by atoms with Crippen LogP contribution in [0.25, 0.3) is 55.0 Å². The maximum absolute atomic E-state index is 7.62. The lowest BCUT2D eigenvalue weighted by atomic mass is 10.2. The lowest BCUT2D eigenvalue weighted by Crippen LogP contribution is -2.76. The molecule has 0 saturated carbocycles. The zero-order valence-corrected chi connectivity index (χ0v) is 31.1. The molecule has 4 heteroatoms. The summed E-state index contributed by atoms with van der Waals surface area (Å²) in [5, 5.41) is 10.1. The standard InChI is InChI=1S/C50H36N2OSi/c1-33-25-29-35(30-26-33)54(36-31-27-34(2)28-32-36)47-23-11-21-45(51-41-17-7-3-13-37(41)38-14-4-8-18-42(38)51)49(47)53-50-46(22-12-24-48(50)54)52-43-19-9-5-15-39(43)40-16-6-10-20-44(40)52/h3-32H,1-2H3. The van der Waals surface area contributed by atoms with Crippen LogP contribution in [0.15, 0.2) is 182 Å². The minimum atomic E-state index is -3.03. The van der Waals surface area contributed by atoms with Crippen molar-refractivity contribution in [3.8, 4) is 22.9 Å². The molecule has 8 aromatic carbocycles. The predicted octanol–water partition coefficient (Wildman–Crippen LogP) is 9.98. The molecule has 3 nitrogen and oxygen atoms in total. The molecule has 1 aliphatic heterocycles. The van der Waals surface area contributed by atoms with E-state index in [-0.39, 0.29) is 0 Å². The molecule has 256 valence electrons. The first-order chi connectivity index (χ1) is 26.6. The van der Waals surface area contributed by atoms with Gasteiger partial charge in [0.1, 0.15) is 0 Å². The van der Waals surface area contributed by atoms with E-state index >= 15 is 0 Å². The number of para-hydroxylation sites is 6. The summed E-state index contributed by atoms with van der Waals surface area (Å²) in [6.45, 7) is 4.35. The Bertz CT molecular complexity index is 2780. The normalized spacial score (nSPS) is 13.3. The molecule has 2 aromatic heterocycles. The van der Waals surface area contributed by atoms with Gasteiger partial charge in [0.15, 0.2) is 19.6 Å². The van der Waals surface area contributed by atoms with E-state index in [1.807, 2.05) is 0 Å². The van der Waals surface area contributed by atoms with E-state index in [9.17, 15) is 0 Å². The van der Waals surface area contributed by atoms with Gasteiger partial charge in [-0.05, 0) is 71.0 Å². The average molecular weight is 709 g/mol. The average Bonchev–Trinajstić information content (AvgIpc) is 3.73. The molecule has 54 heavy (non-hydrogen) atoms. The topological polar surface area (TPSA) is 19.1 Å². The van der Waals surface area contributed by atoms with Gasteiger partial charge in [0.25, 0.3) is 0 Å². The predicted molar refractivity (Wildman–Crippen MR) is 228 cm³/mol. The van der Waals surface area contributed by atoms with Gasteiger partial charge in [-0.25, -0.2) is 0 Å². The summed E-state index contributed by atoms with van der Waals surface area (Å²) in [4.78, 5) is 0. The van der Waals surface area contributed by atoms with E-state index in [1.165, 1.54) is 53.4 Å². The first kappa shape index (κ1) is 31.0. The number of nitrogens with zero attached hydrogens (tertiary/aromatic N) is 2. The highest BCUT2D eigenvalue weighted by Gasteiger charge is 2.49. The highest BCUT2D eigenvalue weighted by atomic mass is 28.3. The maximum Gasteiger partial charge on any atom is 0.188 e. The number of hydrogen-bond acceptors (Lipinski definition) is 1. The highest BCUT2D eigenvalue weighted by Crippen LogP contribution is 2.42. The molecule has 10 aromatic rings. The molecule has 11 rings (SSSR count). The third-order valence-corrected chi connectivity index (χ3v) is 16.4. The van der Waals surface area contributed by atoms with Crippen LogP contribution >= 0.6 is 0 Å². The Morgan fingerprint density at radius 2 is 0.685 bits per heavy atom. The third-order valence-electron chi connectivity index (χ3n) is 11.6. The van der Waals surface area contributed by atoms with Gasteiger partial charge in [0, 0.05) is 21.5 Å². The summed E-state index contributed by atoms with van der Waals surface area (Å²) in [6.07, 6.45) is 0. The second-order valence-corrected chi connectivity index (χ2v) is 18.4. The zero-order chi connectivity index (χ0) is 36.0. The Kier molecular flexibility index (Phi) is 6.70. The van der Waals surface area contributed by atoms with Crippen molar-refractivity contribution in [2.45, 2.75) is 13.8 Å². The SMILES string of the molecule is Cc1ccc([Si]2(c3ccc(C)cc3)c3cccc(-n4c5ccccc5c5ccccc54)c3Oc3c(-n4c5ccccc5c5ccccc54)cccc32)cc1. The second kappa shape index (κ2) is 11.7. The van der Waals surface area contributed by atoms with Crippen molar-refractivity contribution in [2.75, 3.05) is 0 Å². The summed E-state index contributed by atoms with van der Waals surface area (Å²) in [7, 11) is -3.03.